The van der Waals surface area contributed by atoms with Crippen LogP contribution in [-0.4, -0.2) is 50.8 Å². The van der Waals surface area contributed by atoms with Gasteiger partial charge in [-0.05, 0) is 19.5 Å². The molecule has 0 amide bonds. The van der Waals surface area contributed by atoms with Gasteiger partial charge in [0.25, 0.3) is 0 Å². The van der Waals surface area contributed by atoms with Crippen molar-refractivity contribution in [1.82, 2.24) is 10.2 Å². The van der Waals surface area contributed by atoms with Crippen LogP contribution in [0.5, 0.6) is 0 Å². The van der Waals surface area contributed by atoms with Gasteiger partial charge < -0.3 is 15.0 Å². The number of hydrogen-bond acceptors (Lipinski definition) is 3. The van der Waals surface area contributed by atoms with Crippen LogP contribution >= 0.6 is 0 Å². The van der Waals surface area contributed by atoms with Crippen molar-refractivity contribution in [1.29, 1.82) is 0 Å². The summed E-state index contributed by atoms with van der Waals surface area (Å²) in [4.78, 5) is 2.32. The molecule has 0 aromatic rings. The molecule has 0 aromatic carbocycles. The molecule has 0 spiro atoms. The summed E-state index contributed by atoms with van der Waals surface area (Å²) >= 11 is 0. The quantitative estimate of drug-likeness (QED) is 0.694. The van der Waals surface area contributed by atoms with Gasteiger partial charge in [-0.15, -0.1) is 0 Å². The van der Waals surface area contributed by atoms with Gasteiger partial charge >= 0.3 is 0 Å². The zero-order valence-electron chi connectivity index (χ0n) is 9.05. The highest BCUT2D eigenvalue weighted by molar-refractivity contribution is 4.71. The molecule has 3 heteroatoms. The maximum Gasteiger partial charge on any atom is 0.0826 e. The van der Waals surface area contributed by atoms with Gasteiger partial charge in [0.1, 0.15) is 0 Å². The zero-order valence-corrected chi connectivity index (χ0v) is 9.05. The van der Waals surface area contributed by atoms with Crippen LogP contribution in [0.4, 0.5) is 0 Å². The van der Waals surface area contributed by atoms with Gasteiger partial charge in [-0.3, -0.25) is 0 Å². The van der Waals surface area contributed by atoms with Crippen molar-refractivity contribution in [2.45, 2.75) is 20.0 Å². The Morgan fingerprint density at radius 1 is 1.54 bits per heavy atom. The van der Waals surface area contributed by atoms with Gasteiger partial charge in [-0.2, -0.15) is 0 Å². The third-order valence-electron chi connectivity index (χ3n) is 2.27. The minimum atomic E-state index is 0.387. The number of rotatable bonds is 4. The molecule has 13 heavy (non-hydrogen) atoms. The molecule has 1 fully saturated rings. The van der Waals surface area contributed by atoms with E-state index in [1.807, 2.05) is 0 Å². The standard InChI is InChI=1S/C10H22N2O/c1-9(2)6-11-7-10-8-12(3)4-5-13-10/h9-11H,4-8H2,1-3H3/t10-/m0/s1. The molecule has 0 aliphatic carbocycles. The fraction of sp³-hybridized carbons (Fsp3) is 1.00. The van der Waals surface area contributed by atoms with Crippen molar-refractivity contribution in [3.8, 4) is 0 Å². The first-order chi connectivity index (χ1) is 6.18. The number of nitrogens with one attached hydrogen (secondary N) is 1. The second-order valence-electron chi connectivity index (χ2n) is 4.31. The fourth-order valence-electron chi connectivity index (χ4n) is 1.52. The van der Waals surface area contributed by atoms with E-state index in [-0.39, 0.29) is 0 Å². The molecule has 1 aliphatic heterocycles. The van der Waals surface area contributed by atoms with E-state index in [0.29, 0.717) is 6.10 Å². The van der Waals surface area contributed by atoms with Crippen LogP contribution in [0.3, 0.4) is 0 Å². The molecule has 1 aliphatic rings. The van der Waals surface area contributed by atoms with E-state index >= 15 is 0 Å². The number of nitrogens with zero attached hydrogens (tertiary/aromatic N) is 1. The number of morpholine rings is 1. The number of ether oxygens (including phenoxy) is 1. The van der Waals surface area contributed by atoms with E-state index in [9.17, 15) is 0 Å². The van der Waals surface area contributed by atoms with Crippen molar-refractivity contribution in [2.75, 3.05) is 39.8 Å². The summed E-state index contributed by atoms with van der Waals surface area (Å²) in [5.41, 5.74) is 0. The van der Waals surface area contributed by atoms with Gasteiger partial charge in [-0.25, -0.2) is 0 Å². The summed E-state index contributed by atoms with van der Waals surface area (Å²) in [6.45, 7) is 9.53. The monoisotopic (exact) mass is 186 g/mol. The van der Waals surface area contributed by atoms with Crippen molar-refractivity contribution < 1.29 is 4.74 Å². The molecule has 0 aromatic heterocycles. The Hall–Kier alpha value is -0.120. The lowest BCUT2D eigenvalue weighted by Crippen LogP contribution is -2.45. The first kappa shape index (κ1) is 11.0. The fourth-order valence-corrected chi connectivity index (χ4v) is 1.52. The maximum atomic E-state index is 5.63. The molecule has 1 N–H and O–H groups in total. The first-order valence-corrected chi connectivity index (χ1v) is 5.19. The predicted octanol–water partition coefficient (Wildman–Crippen LogP) is 0.563. The lowest BCUT2D eigenvalue weighted by molar-refractivity contribution is -0.0182. The Bertz CT molecular complexity index is 139. The second-order valence-corrected chi connectivity index (χ2v) is 4.31. The largest absolute Gasteiger partial charge is 0.374 e. The number of hydrogen-bond donors (Lipinski definition) is 1. The molecular formula is C10H22N2O. The number of likely N-dealkylation sites (N-methyl/N-ethyl adjacent to an activating group) is 1. The van der Waals surface area contributed by atoms with Crippen molar-refractivity contribution in [3.63, 3.8) is 0 Å². The Balaban J connectivity index is 2.06. The smallest absolute Gasteiger partial charge is 0.0826 e. The summed E-state index contributed by atoms with van der Waals surface area (Å²) < 4.78 is 5.63. The van der Waals surface area contributed by atoms with E-state index < -0.39 is 0 Å². The lowest BCUT2D eigenvalue weighted by Gasteiger charge is -2.30. The Kier molecular flexibility index (Phi) is 4.70. The average Bonchev–Trinajstić information content (AvgIpc) is 2.03. The van der Waals surface area contributed by atoms with Gasteiger partial charge in [0.15, 0.2) is 0 Å². The normalized spacial score (nSPS) is 25.4. The second kappa shape index (κ2) is 5.58. The summed E-state index contributed by atoms with van der Waals surface area (Å²) in [5, 5.41) is 3.42. The summed E-state index contributed by atoms with van der Waals surface area (Å²) in [6, 6.07) is 0. The van der Waals surface area contributed by atoms with Gasteiger partial charge in [-0.1, -0.05) is 13.8 Å². The first-order valence-electron chi connectivity index (χ1n) is 5.19. The third-order valence-corrected chi connectivity index (χ3v) is 2.27. The maximum absolute atomic E-state index is 5.63. The van der Waals surface area contributed by atoms with Crippen LogP contribution in [0, 0.1) is 5.92 Å². The predicted molar refractivity (Wildman–Crippen MR) is 54.9 cm³/mol. The molecule has 0 saturated carbocycles. The van der Waals surface area contributed by atoms with E-state index in [1.54, 1.807) is 0 Å². The zero-order chi connectivity index (χ0) is 9.68. The van der Waals surface area contributed by atoms with Crippen LogP contribution in [-0.2, 0) is 4.74 Å². The molecule has 1 heterocycles. The summed E-state index contributed by atoms with van der Waals surface area (Å²) in [6.07, 6.45) is 0.387. The topological polar surface area (TPSA) is 24.5 Å². The van der Waals surface area contributed by atoms with Gasteiger partial charge in [0, 0.05) is 19.6 Å². The van der Waals surface area contributed by atoms with E-state index in [0.717, 1.165) is 38.7 Å². The molecule has 1 rings (SSSR count). The lowest BCUT2D eigenvalue weighted by atomic mass is 10.2. The molecule has 78 valence electrons. The molecule has 1 atom stereocenters. The molecule has 1 saturated heterocycles. The van der Waals surface area contributed by atoms with Crippen LogP contribution in [0.15, 0.2) is 0 Å². The third kappa shape index (κ3) is 4.60. The van der Waals surface area contributed by atoms with Crippen molar-refractivity contribution >= 4 is 0 Å². The summed E-state index contributed by atoms with van der Waals surface area (Å²) in [5.74, 6) is 0.723. The van der Waals surface area contributed by atoms with E-state index in [2.05, 4.69) is 31.1 Å². The van der Waals surface area contributed by atoms with Crippen LogP contribution in [0.1, 0.15) is 13.8 Å². The SMILES string of the molecule is CC(C)CNC[C@H]1CN(C)CCO1. The average molecular weight is 186 g/mol. The van der Waals surface area contributed by atoms with Crippen LogP contribution in [0.25, 0.3) is 0 Å². The molecule has 3 nitrogen and oxygen atoms in total. The van der Waals surface area contributed by atoms with E-state index in [1.165, 1.54) is 0 Å². The highest BCUT2D eigenvalue weighted by Gasteiger charge is 2.16. The minimum absolute atomic E-state index is 0.387. The van der Waals surface area contributed by atoms with Crippen LogP contribution in [0.2, 0.25) is 0 Å². The molecule has 0 radical (unpaired) electrons. The minimum Gasteiger partial charge on any atom is -0.374 e. The summed E-state index contributed by atoms with van der Waals surface area (Å²) in [7, 11) is 2.15. The van der Waals surface area contributed by atoms with Crippen molar-refractivity contribution in [2.24, 2.45) is 5.92 Å². The van der Waals surface area contributed by atoms with Crippen molar-refractivity contribution in [3.05, 3.63) is 0 Å². The highest BCUT2D eigenvalue weighted by atomic mass is 16.5. The highest BCUT2D eigenvalue weighted by Crippen LogP contribution is 2.01. The Labute approximate surface area is 81.4 Å². The Morgan fingerprint density at radius 3 is 2.92 bits per heavy atom. The van der Waals surface area contributed by atoms with Crippen LogP contribution < -0.4 is 5.32 Å². The van der Waals surface area contributed by atoms with E-state index in [4.69, 9.17) is 4.74 Å². The van der Waals surface area contributed by atoms with Gasteiger partial charge in [0.05, 0.1) is 12.7 Å². The van der Waals surface area contributed by atoms with Gasteiger partial charge in [0.2, 0.25) is 0 Å². The Morgan fingerprint density at radius 2 is 2.31 bits per heavy atom. The molecule has 0 bridgehead atoms. The molecule has 0 unspecified atom stereocenters. The molecular weight excluding hydrogens is 164 g/mol.